The molecule has 0 saturated heterocycles. The molecule has 0 radical (unpaired) electrons. The Morgan fingerprint density at radius 1 is 1.12 bits per heavy atom. The molecular weight excluding hydrogens is 568 g/mol. The molecule has 2 aromatic carbocycles. The van der Waals surface area contributed by atoms with Crippen molar-refractivity contribution in [2.24, 2.45) is 11.8 Å². The van der Waals surface area contributed by atoms with Crippen LogP contribution < -0.4 is 14.4 Å². The molecule has 4 aliphatic rings. The van der Waals surface area contributed by atoms with E-state index in [1.54, 1.807) is 24.3 Å². The second kappa shape index (κ2) is 10.6. The molecule has 11 heteroatoms. The fourth-order valence-corrected chi connectivity index (χ4v) is 7.56. The predicted molar refractivity (Wildman–Crippen MR) is 154 cm³/mol. The Morgan fingerprint density at radius 3 is 2.73 bits per heavy atom. The molecule has 220 valence electrons. The number of sulfonamides is 1. The number of aliphatic hydroxyl groups excluding tert-OH is 1. The van der Waals surface area contributed by atoms with Crippen LogP contribution in [0.5, 0.6) is 5.75 Å². The van der Waals surface area contributed by atoms with E-state index in [0.29, 0.717) is 36.2 Å². The maximum absolute atomic E-state index is 13.4. The van der Waals surface area contributed by atoms with E-state index in [1.807, 2.05) is 18.2 Å². The normalized spacial score (nSPS) is 31.5. The van der Waals surface area contributed by atoms with Crippen LogP contribution in [0.4, 0.5) is 5.69 Å². The molecule has 3 aliphatic heterocycles. The maximum Gasteiger partial charge on any atom is 0.265 e. The van der Waals surface area contributed by atoms with Gasteiger partial charge >= 0.3 is 0 Å². The summed E-state index contributed by atoms with van der Waals surface area (Å²) in [6.07, 6.45) is 5.26. The van der Waals surface area contributed by atoms with Crippen molar-refractivity contribution in [1.29, 1.82) is 0 Å². The molecule has 6 rings (SSSR count). The van der Waals surface area contributed by atoms with Gasteiger partial charge < -0.3 is 24.2 Å². The monoisotopic (exact) mass is 602 g/mol. The van der Waals surface area contributed by atoms with E-state index in [2.05, 4.69) is 9.62 Å². The standard InChI is InChI=1S/C30H35ClN2O7S/c1-29(2)28(35)32-41(36,37)22-7-10-27-25(15-22)33(16-20-5-8-23(20)26(34)4-3-12-39-29)17-30(18-38-27)24-9-6-21(31)14-19(24)11-13-40-30/h3-4,6-7,9-10,14-15,20,23,26,34H,5,8,11-13,16-18H2,1-2H3,(H,32,35)/b4-3-/t20-,23+,26-,30+/m0/s1. The zero-order valence-electron chi connectivity index (χ0n) is 23.1. The van der Waals surface area contributed by atoms with E-state index < -0.39 is 33.2 Å². The smallest absolute Gasteiger partial charge is 0.265 e. The Hall–Kier alpha value is -2.63. The fraction of sp³-hybridized carbons (Fsp3) is 0.500. The summed E-state index contributed by atoms with van der Waals surface area (Å²) in [4.78, 5) is 15.0. The molecule has 41 heavy (non-hydrogen) atoms. The summed E-state index contributed by atoms with van der Waals surface area (Å²) in [5.74, 6) is -0.0658. The highest BCUT2D eigenvalue weighted by Crippen LogP contribution is 2.45. The minimum absolute atomic E-state index is 0.0318. The lowest BCUT2D eigenvalue weighted by Gasteiger charge is -2.45. The van der Waals surface area contributed by atoms with E-state index in [-0.39, 0.29) is 29.9 Å². The summed E-state index contributed by atoms with van der Waals surface area (Å²) >= 11 is 6.33. The molecule has 1 aliphatic carbocycles. The van der Waals surface area contributed by atoms with Gasteiger partial charge in [0.1, 0.15) is 23.6 Å². The quantitative estimate of drug-likeness (QED) is 0.440. The van der Waals surface area contributed by atoms with Crippen LogP contribution in [0.25, 0.3) is 0 Å². The van der Waals surface area contributed by atoms with Gasteiger partial charge in [-0.25, -0.2) is 13.1 Å². The average molecular weight is 603 g/mol. The summed E-state index contributed by atoms with van der Waals surface area (Å²) < 4.78 is 47.5. The van der Waals surface area contributed by atoms with Crippen LogP contribution >= 0.6 is 11.6 Å². The van der Waals surface area contributed by atoms with Gasteiger partial charge in [0.05, 0.1) is 36.4 Å². The molecule has 1 fully saturated rings. The molecule has 0 aromatic heterocycles. The summed E-state index contributed by atoms with van der Waals surface area (Å²) in [5, 5.41) is 11.7. The molecule has 2 bridgehead atoms. The summed E-state index contributed by atoms with van der Waals surface area (Å²) in [5.41, 5.74) is 0.486. The number of aliphatic hydroxyl groups is 1. The van der Waals surface area contributed by atoms with E-state index >= 15 is 0 Å². The number of nitrogens with one attached hydrogen (secondary N) is 1. The van der Waals surface area contributed by atoms with Crippen molar-refractivity contribution < 1.29 is 32.5 Å². The largest absolute Gasteiger partial charge is 0.488 e. The third kappa shape index (κ3) is 5.36. The maximum atomic E-state index is 13.4. The van der Waals surface area contributed by atoms with Gasteiger partial charge in [0.15, 0.2) is 0 Å². The van der Waals surface area contributed by atoms with Crippen LogP contribution in [0, 0.1) is 11.8 Å². The number of benzene rings is 2. The van der Waals surface area contributed by atoms with E-state index in [9.17, 15) is 18.3 Å². The van der Waals surface area contributed by atoms with Crippen LogP contribution in [0.3, 0.4) is 0 Å². The molecule has 1 spiro atoms. The lowest BCUT2D eigenvalue weighted by atomic mass is 9.70. The number of anilines is 1. The number of fused-ring (bicyclic) bond motifs is 4. The third-order valence-corrected chi connectivity index (χ3v) is 10.4. The van der Waals surface area contributed by atoms with Gasteiger partial charge in [-0.2, -0.15) is 0 Å². The highest BCUT2D eigenvalue weighted by Gasteiger charge is 2.45. The minimum Gasteiger partial charge on any atom is -0.488 e. The van der Waals surface area contributed by atoms with Crippen molar-refractivity contribution in [3.05, 3.63) is 64.7 Å². The number of rotatable bonds is 0. The lowest BCUT2D eigenvalue weighted by Crippen LogP contribution is -2.51. The molecule has 2 aromatic rings. The zero-order chi connectivity index (χ0) is 29.0. The number of hydrogen-bond acceptors (Lipinski definition) is 8. The highest BCUT2D eigenvalue weighted by molar-refractivity contribution is 7.90. The topological polar surface area (TPSA) is 114 Å². The van der Waals surface area contributed by atoms with Crippen LogP contribution in [-0.4, -0.2) is 64.0 Å². The summed E-state index contributed by atoms with van der Waals surface area (Å²) in [6, 6.07) is 10.4. The molecular formula is C30H35ClN2O7S. The van der Waals surface area contributed by atoms with Crippen molar-refractivity contribution >= 4 is 33.2 Å². The fourth-order valence-electron chi connectivity index (χ4n) is 6.25. The van der Waals surface area contributed by atoms with E-state index in [1.165, 1.54) is 19.9 Å². The first-order valence-corrected chi connectivity index (χ1v) is 15.8. The number of halogens is 1. The Labute approximate surface area is 245 Å². The first-order valence-electron chi connectivity index (χ1n) is 14.0. The van der Waals surface area contributed by atoms with E-state index in [4.69, 9.17) is 25.8 Å². The molecule has 1 saturated carbocycles. The summed E-state index contributed by atoms with van der Waals surface area (Å²) in [6.45, 7) is 4.79. The van der Waals surface area contributed by atoms with Gasteiger partial charge in [0, 0.05) is 11.6 Å². The lowest BCUT2D eigenvalue weighted by molar-refractivity contribution is -0.139. The number of amides is 1. The van der Waals surface area contributed by atoms with Gasteiger partial charge in [0.25, 0.3) is 15.9 Å². The van der Waals surface area contributed by atoms with E-state index in [0.717, 1.165) is 30.4 Å². The Bertz CT molecular complexity index is 1490. The Kier molecular flexibility index (Phi) is 7.35. The van der Waals surface area contributed by atoms with Crippen molar-refractivity contribution in [1.82, 2.24) is 4.72 Å². The van der Waals surface area contributed by atoms with Gasteiger partial charge in [-0.3, -0.25) is 4.79 Å². The number of ether oxygens (including phenoxy) is 3. The summed E-state index contributed by atoms with van der Waals surface area (Å²) in [7, 11) is -4.21. The van der Waals surface area contributed by atoms with Gasteiger partial charge in [-0.05, 0) is 86.4 Å². The minimum atomic E-state index is -4.21. The molecule has 2 N–H and O–H groups in total. The molecule has 9 nitrogen and oxygen atoms in total. The number of carbonyl (C=O) groups is 1. The second-order valence-electron chi connectivity index (χ2n) is 11.9. The van der Waals surface area contributed by atoms with Gasteiger partial charge in [0.2, 0.25) is 0 Å². The van der Waals surface area contributed by atoms with Gasteiger partial charge in [-0.15, -0.1) is 0 Å². The highest BCUT2D eigenvalue weighted by atomic mass is 35.5. The number of carbonyl (C=O) groups excluding carboxylic acids is 1. The van der Waals surface area contributed by atoms with Crippen molar-refractivity contribution in [3.8, 4) is 5.75 Å². The molecule has 4 atom stereocenters. The Morgan fingerprint density at radius 2 is 1.95 bits per heavy atom. The second-order valence-corrected chi connectivity index (χ2v) is 14.0. The SMILES string of the molecule is CC1(C)OC/C=C\[C@H](O)[C@@H]2CC[C@H]2CN2C[C@]3(COc4ccc(cc42)S(=O)(=O)NC1=O)OCCc1cc(Cl)ccc13. The zero-order valence-corrected chi connectivity index (χ0v) is 24.7. The average Bonchev–Trinajstić information content (AvgIpc) is 3.05. The van der Waals surface area contributed by atoms with Crippen LogP contribution in [0.1, 0.15) is 37.8 Å². The van der Waals surface area contributed by atoms with Gasteiger partial charge in [-0.1, -0.05) is 29.8 Å². The first kappa shape index (κ1) is 28.5. The predicted octanol–water partition coefficient (Wildman–Crippen LogP) is 3.56. The molecule has 3 heterocycles. The van der Waals surface area contributed by atoms with Crippen LogP contribution in [0.2, 0.25) is 5.02 Å². The number of hydrogen-bond donors (Lipinski definition) is 2. The molecule has 1 amide bonds. The van der Waals surface area contributed by atoms with Crippen LogP contribution in [0.15, 0.2) is 53.4 Å². The van der Waals surface area contributed by atoms with Crippen LogP contribution in [-0.2, 0) is 36.3 Å². The van der Waals surface area contributed by atoms with Crippen molar-refractivity contribution in [3.63, 3.8) is 0 Å². The molecule has 0 unspecified atom stereocenters. The first-order chi connectivity index (χ1) is 19.5. The van der Waals surface area contributed by atoms with Crippen molar-refractivity contribution in [2.45, 2.75) is 55.3 Å². The number of nitrogens with zero attached hydrogens (tertiary/aromatic N) is 1. The van der Waals surface area contributed by atoms with Crippen molar-refractivity contribution in [2.75, 3.05) is 37.8 Å². The third-order valence-electron chi connectivity index (χ3n) is 8.81. The Balaban J connectivity index is 1.44.